The van der Waals surface area contributed by atoms with Crippen molar-refractivity contribution in [1.29, 1.82) is 0 Å². The minimum absolute atomic E-state index is 0.00602. The zero-order chi connectivity index (χ0) is 13.8. The van der Waals surface area contributed by atoms with E-state index in [1.54, 1.807) is 13.2 Å². The van der Waals surface area contributed by atoms with Gasteiger partial charge in [0.1, 0.15) is 0 Å². The first kappa shape index (κ1) is 14.4. The summed E-state index contributed by atoms with van der Waals surface area (Å²) >= 11 is 3.45. The van der Waals surface area contributed by atoms with Crippen LogP contribution in [0.5, 0.6) is 11.5 Å². The molecule has 1 saturated heterocycles. The molecule has 2 rings (SSSR count). The Bertz CT molecular complexity index is 459. The van der Waals surface area contributed by atoms with E-state index in [4.69, 9.17) is 4.74 Å². The van der Waals surface area contributed by atoms with Crippen molar-refractivity contribution < 1.29 is 9.84 Å². The molecule has 0 radical (unpaired) electrons. The van der Waals surface area contributed by atoms with Crippen molar-refractivity contribution in [1.82, 2.24) is 10.2 Å². The van der Waals surface area contributed by atoms with Crippen LogP contribution in [-0.2, 0) is 0 Å². The molecule has 1 heterocycles. The number of methoxy groups -OCH3 is 1. The number of aromatic hydroxyl groups is 1. The average Bonchev–Trinajstić information content (AvgIpc) is 2.44. The van der Waals surface area contributed by atoms with Crippen molar-refractivity contribution in [2.45, 2.75) is 6.04 Å². The molecule has 1 aromatic rings. The fraction of sp³-hybridized carbons (Fsp3) is 0.429. The maximum Gasteiger partial charge on any atom is 0.162 e. The van der Waals surface area contributed by atoms with E-state index in [1.807, 2.05) is 12.1 Å². The molecule has 1 aliphatic rings. The number of hydrogen-bond acceptors (Lipinski definition) is 4. The predicted molar refractivity (Wildman–Crippen MR) is 79.7 cm³/mol. The summed E-state index contributed by atoms with van der Waals surface area (Å²) in [5.74, 6) is 0.667. The molecule has 1 atom stereocenters. The Morgan fingerprint density at radius 2 is 2.16 bits per heavy atom. The van der Waals surface area contributed by atoms with Crippen LogP contribution in [0.2, 0.25) is 0 Å². The minimum Gasteiger partial charge on any atom is -0.504 e. The highest BCUT2D eigenvalue weighted by molar-refractivity contribution is 9.10. The van der Waals surface area contributed by atoms with E-state index in [2.05, 4.69) is 32.7 Å². The third kappa shape index (κ3) is 3.11. The number of ether oxygens (including phenoxy) is 1. The zero-order valence-corrected chi connectivity index (χ0v) is 12.6. The van der Waals surface area contributed by atoms with Crippen LogP contribution >= 0.6 is 15.9 Å². The van der Waals surface area contributed by atoms with Crippen molar-refractivity contribution >= 4 is 15.9 Å². The maximum atomic E-state index is 10.3. The third-order valence-electron chi connectivity index (χ3n) is 3.38. The second kappa shape index (κ2) is 6.41. The van der Waals surface area contributed by atoms with Gasteiger partial charge in [-0.05, 0) is 12.1 Å². The number of phenolic OH excluding ortho intramolecular Hbond substituents is 1. The lowest BCUT2D eigenvalue weighted by Gasteiger charge is -2.34. The number of hydrogen-bond donors (Lipinski definition) is 2. The number of phenols is 1. The molecule has 0 amide bonds. The number of nitrogens with zero attached hydrogens (tertiary/aromatic N) is 1. The van der Waals surface area contributed by atoms with E-state index in [1.165, 1.54) is 0 Å². The van der Waals surface area contributed by atoms with Gasteiger partial charge < -0.3 is 15.2 Å². The van der Waals surface area contributed by atoms with Gasteiger partial charge >= 0.3 is 0 Å². The van der Waals surface area contributed by atoms with Crippen molar-refractivity contribution in [3.63, 3.8) is 0 Å². The summed E-state index contributed by atoms with van der Waals surface area (Å²) in [5.41, 5.74) is 0.822. The van der Waals surface area contributed by atoms with E-state index in [-0.39, 0.29) is 11.8 Å². The molecule has 1 aliphatic heterocycles. The number of benzene rings is 1. The van der Waals surface area contributed by atoms with Gasteiger partial charge in [-0.3, -0.25) is 4.90 Å². The smallest absolute Gasteiger partial charge is 0.162 e. The van der Waals surface area contributed by atoms with Crippen molar-refractivity contribution in [3.05, 3.63) is 34.8 Å². The zero-order valence-electron chi connectivity index (χ0n) is 11.0. The largest absolute Gasteiger partial charge is 0.504 e. The Hall–Kier alpha value is -1.04. The normalized spacial score (nSPS) is 18.0. The average molecular weight is 327 g/mol. The standard InChI is InChI=1S/C14H19BrN2O2/c1-3-12(17-6-4-16-5-7-17)11-8-10(15)9-13(19-2)14(11)18/h3,8-9,12,16,18H,1,4-7H2,2H3/t12-/m1/s1. The van der Waals surface area contributed by atoms with Crippen LogP contribution in [0.1, 0.15) is 11.6 Å². The SMILES string of the molecule is C=C[C@H](c1cc(Br)cc(OC)c1O)N1CCNCC1. The second-order valence-electron chi connectivity index (χ2n) is 4.51. The molecule has 0 unspecified atom stereocenters. The Morgan fingerprint density at radius 1 is 1.47 bits per heavy atom. The molecule has 19 heavy (non-hydrogen) atoms. The van der Waals surface area contributed by atoms with E-state index in [9.17, 15) is 5.11 Å². The lowest BCUT2D eigenvalue weighted by atomic mass is 10.0. The van der Waals surface area contributed by atoms with Crippen LogP contribution in [0.3, 0.4) is 0 Å². The molecular weight excluding hydrogens is 308 g/mol. The molecule has 0 saturated carbocycles. The monoisotopic (exact) mass is 326 g/mol. The summed E-state index contributed by atoms with van der Waals surface area (Å²) in [6.45, 7) is 7.69. The van der Waals surface area contributed by atoms with Crippen molar-refractivity contribution in [2.75, 3.05) is 33.3 Å². The quantitative estimate of drug-likeness (QED) is 0.833. The van der Waals surface area contributed by atoms with E-state index >= 15 is 0 Å². The maximum absolute atomic E-state index is 10.3. The third-order valence-corrected chi connectivity index (χ3v) is 3.83. The lowest BCUT2D eigenvalue weighted by Crippen LogP contribution is -2.44. The summed E-state index contributed by atoms with van der Waals surface area (Å²) in [4.78, 5) is 2.30. The van der Waals surface area contributed by atoms with E-state index in [0.29, 0.717) is 5.75 Å². The molecule has 5 heteroatoms. The number of rotatable bonds is 4. The van der Waals surface area contributed by atoms with Gasteiger partial charge in [0.2, 0.25) is 0 Å². The van der Waals surface area contributed by atoms with Gasteiger partial charge in [-0.25, -0.2) is 0 Å². The van der Waals surface area contributed by atoms with Gasteiger partial charge in [0.15, 0.2) is 11.5 Å². The Balaban J connectivity index is 2.36. The fourth-order valence-corrected chi connectivity index (χ4v) is 2.86. The van der Waals surface area contributed by atoms with Crippen LogP contribution in [0, 0.1) is 0 Å². The summed E-state index contributed by atoms with van der Waals surface area (Å²) < 4.78 is 6.09. The number of piperazine rings is 1. The molecule has 1 aromatic carbocycles. The molecule has 0 bridgehead atoms. The van der Waals surface area contributed by atoms with E-state index in [0.717, 1.165) is 36.2 Å². The van der Waals surface area contributed by atoms with Crippen LogP contribution in [-0.4, -0.2) is 43.3 Å². The highest BCUT2D eigenvalue weighted by atomic mass is 79.9. The van der Waals surface area contributed by atoms with Crippen LogP contribution in [0.15, 0.2) is 29.3 Å². The molecule has 0 aliphatic carbocycles. The molecule has 0 spiro atoms. The Labute approximate surface area is 122 Å². The van der Waals surface area contributed by atoms with Gasteiger partial charge in [-0.2, -0.15) is 0 Å². The highest BCUT2D eigenvalue weighted by Crippen LogP contribution is 2.39. The van der Waals surface area contributed by atoms with E-state index < -0.39 is 0 Å². The minimum atomic E-state index is -0.00602. The summed E-state index contributed by atoms with van der Waals surface area (Å²) in [6, 6.07) is 3.68. The molecule has 104 valence electrons. The lowest BCUT2D eigenvalue weighted by molar-refractivity contribution is 0.200. The number of nitrogens with one attached hydrogen (secondary N) is 1. The number of halogens is 1. The van der Waals surface area contributed by atoms with Crippen LogP contribution in [0.4, 0.5) is 0 Å². The Morgan fingerprint density at radius 3 is 2.74 bits per heavy atom. The first-order valence-corrected chi connectivity index (χ1v) is 7.10. The molecule has 0 aromatic heterocycles. The highest BCUT2D eigenvalue weighted by Gasteiger charge is 2.23. The van der Waals surface area contributed by atoms with Crippen molar-refractivity contribution in [2.24, 2.45) is 0 Å². The first-order valence-electron chi connectivity index (χ1n) is 6.31. The van der Waals surface area contributed by atoms with Gasteiger partial charge in [-0.1, -0.05) is 22.0 Å². The van der Waals surface area contributed by atoms with Gasteiger partial charge in [0.05, 0.1) is 13.2 Å². The summed E-state index contributed by atoms with van der Waals surface area (Å²) in [7, 11) is 1.55. The van der Waals surface area contributed by atoms with Gasteiger partial charge in [-0.15, -0.1) is 6.58 Å². The molecule has 1 fully saturated rings. The molecular formula is C14H19BrN2O2. The van der Waals surface area contributed by atoms with Gasteiger partial charge in [0, 0.05) is 36.2 Å². The fourth-order valence-electron chi connectivity index (χ4n) is 2.41. The topological polar surface area (TPSA) is 44.7 Å². The molecule has 4 nitrogen and oxygen atoms in total. The molecule has 2 N–H and O–H groups in total. The van der Waals surface area contributed by atoms with Crippen LogP contribution < -0.4 is 10.1 Å². The van der Waals surface area contributed by atoms with Crippen molar-refractivity contribution in [3.8, 4) is 11.5 Å². The summed E-state index contributed by atoms with van der Waals surface area (Å²) in [6.07, 6.45) is 1.87. The second-order valence-corrected chi connectivity index (χ2v) is 5.43. The first-order chi connectivity index (χ1) is 9.17. The van der Waals surface area contributed by atoms with Gasteiger partial charge in [0.25, 0.3) is 0 Å². The Kier molecular flexibility index (Phi) is 4.85. The predicted octanol–water partition coefficient (Wildman–Crippen LogP) is 2.30. The summed E-state index contributed by atoms with van der Waals surface area (Å²) in [5, 5.41) is 13.6. The van der Waals surface area contributed by atoms with Crippen LogP contribution in [0.25, 0.3) is 0 Å².